The van der Waals surface area contributed by atoms with Crippen molar-refractivity contribution in [1.29, 1.82) is 5.26 Å². The van der Waals surface area contributed by atoms with Gasteiger partial charge in [-0.3, -0.25) is 4.79 Å². The van der Waals surface area contributed by atoms with Crippen LogP contribution >= 0.6 is 31.9 Å². The average molecular weight is 512 g/mol. The molecule has 3 aromatic carbocycles. The highest BCUT2D eigenvalue weighted by Gasteiger charge is 2.10. The van der Waals surface area contributed by atoms with E-state index < -0.39 is 5.91 Å². The fourth-order valence-corrected chi connectivity index (χ4v) is 3.28. The van der Waals surface area contributed by atoms with Gasteiger partial charge in [0.25, 0.3) is 5.91 Å². The summed E-state index contributed by atoms with van der Waals surface area (Å²) in [6, 6.07) is 24.4. The van der Waals surface area contributed by atoms with E-state index in [2.05, 4.69) is 37.2 Å². The minimum absolute atomic E-state index is 0.0118. The molecular formula is C23H16Br2N2O2. The highest BCUT2D eigenvalue weighted by atomic mass is 79.9. The Morgan fingerprint density at radius 1 is 1.03 bits per heavy atom. The van der Waals surface area contributed by atoms with E-state index in [4.69, 9.17) is 4.74 Å². The molecule has 4 nitrogen and oxygen atoms in total. The summed E-state index contributed by atoms with van der Waals surface area (Å²) in [5.41, 5.74) is 2.41. The van der Waals surface area contributed by atoms with Gasteiger partial charge < -0.3 is 10.1 Å². The second-order valence-corrected chi connectivity index (χ2v) is 7.86. The zero-order chi connectivity index (χ0) is 20.6. The van der Waals surface area contributed by atoms with Crippen LogP contribution in [0.4, 0.5) is 5.69 Å². The fourth-order valence-electron chi connectivity index (χ4n) is 2.51. The number of carbonyl (C=O) groups excluding carboxylic acids is 1. The molecule has 3 aromatic rings. The third-order valence-electron chi connectivity index (χ3n) is 3.97. The number of nitriles is 1. The molecule has 0 aliphatic rings. The van der Waals surface area contributed by atoms with Crippen molar-refractivity contribution in [2.75, 3.05) is 5.32 Å². The molecule has 0 atom stereocenters. The summed E-state index contributed by atoms with van der Waals surface area (Å²) >= 11 is 6.83. The lowest BCUT2D eigenvalue weighted by Crippen LogP contribution is -2.13. The molecule has 0 bridgehead atoms. The standard InChI is InChI=1S/C23H16Br2N2O2/c24-19-7-9-20(10-8-19)27-23(28)18(14-26)12-17-6-11-22(21(25)13-17)29-15-16-4-2-1-3-5-16/h1-13H,15H2,(H,27,28)/b18-12-. The van der Waals surface area contributed by atoms with Gasteiger partial charge in [0.15, 0.2) is 0 Å². The number of anilines is 1. The van der Waals surface area contributed by atoms with E-state index in [9.17, 15) is 10.1 Å². The molecule has 0 spiro atoms. The smallest absolute Gasteiger partial charge is 0.266 e. The van der Waals surface area contributed by atoms with Crippen LogP contribution in [0.5, 0.6) is 5.75 Å². The molecule has 0 aromatic heterocycles. The minimum atomic E-state index is -0.463. The predicted molar refractivity (Wildman–Crippen MR) is 121 cm³/mol. The molecule has 0 saturated heterocycles. The zero-order valence-corrected chi connectivity index (χ0v) is 18.4. The van der Waals surface area contributed by atoms with Crippen molar-refractivity contribution in [2.45, 2.75) is 6.61 Å². The van der Waals surface area contributed by atoms with Gasteiger partial charge in [0.05, 0.1) is 4.47 Å². The molecule has 0 heterocycles. The maximum absolute atomic E-state index is 12.4. The predicted octanol–water partition coefficient (Wildman–Crippen LogP) is 6.34. The Bertz CT molecular complexity index is 1070. The largest absolute Gasteiger partial charge is 0.488 e. The van der Waals surface area contributed by atoms with Gasteiger partial charge in [0.1, 0.15) is 24.0 Å². The van der Waals surface area contributed by atoms with Crippen LogP contribution in [-0.2, 0) is 11.4 Å². The van der Waals surface area contributed by atoms with Crippen LogP contribution in [0.2, 0.25) is 0 Å². The van der Waals surface area contributed by atoms with Gasteiger partial charge in [-0.2, -0.15) is 5.26 Å². The lowest BCUT2D eigenvalue weighted by molar-refractivity contribution is -0.112. The monoisotopic (exact) mass is 510 g/mol. The van der Waals surface area contributed by atoms with E-state index in [0.29, 0.717) is 23.6 Å². The number of nitrogens with zero attached hydrogens (tertiary/aromatic N) is 1. The first-order valence-electron chi connectivity index (χ1n) is 8.70. The molecular weight excluding hydrogens is 496 g/mol. The topological polar surface area (TPSA) is 62.1 Å². The van der Waals surface area contributed by atoms with Crippen LogP contribution < -0.4 is 10.1 Å². The van der Waals surface area contributed by atoms with Crippen LogP contribution in [-0.4, -0.2) is 5.91 Å². The Morgan fingerprint density at radius 3 is 2.41 bits per heavy atom. The first-order chi connectivity index (χ1) is 14.0. The fraction of sp³-hybridized carbons (Fsp3) is 0.0435. The number of ether oxygens (including phenoxy) is 1. The second-order valence-electron chi connectivity index (χ2n) is 6.09. The van der Waals surface area contributed by atoms with Crippen molar-refractivity contribution in [3.8, 4) is 11.8 Å². The Morgan fingerprint density at radius 2 is 1.76 bits per heavy atom. The number of halogens is 2. The summed E-state index contributed by atoms with van der Waals surface area (Å²) in [5.74, 6) is 0.221. The lowest BCUT2D eigenvalue weighted by Gasteiger charge is -2.09. The number of rotatable bonds is 6. The SMILES string of the molecule is N#C/C(=C/c1ccc(OCc2ccccc2)c(Br)c1)C(=O)Nc1ccc(Br)cc1. The highest BCUT2D eigenvalue weighted by Crippen LogP contribution is 2.28. The first-order valence-corrected chi connectivity index (χ1v) is 10.3. The van der Waals surface area contributed by atoms with Crippen molar-refractivity contribution < 1.29 is 9.53 Å². The quantitative estimate of drug-likeness (QED) is 0.310. The summed E-state index contributed by atoms with van der Waals surface area (Å²) in [7, 11) is 0. The van der Waals surface area contributed by atoms with Crippen molar-refractivity contribution in [3.63, 3.8) is 0 Å². The van der Waals surface area contributed by atoms with Crippen LogP contribution in [0.15, 0.2) is 87.3 Å². The summed E-state index contributed by atoms with van der Waals surface area (Å²) in [4.78, 5) is 12.4. The summed E-state index contributed by atoms with van der Waals surface area (Å²) in [6.45, 7) is 0.452. The van der Waals surface area contributed by atoms with Gasteiger partial charge in [0.2, 0.25) is 0 Å². The van der Waals surface area contributed by atoms with Gasteiger partial charge in [-0.15, -0.1) is 0 Å². The number of hydrogen-bond donors (Lipinski definition) is 1. The van der Waals surface area contributed by atoms with Crippen molar-refractivity contribution >= 4 is 49.5 Å². The number of amides is 1. The number of nitrogens with one attached hydrogen (secondary N) is 1. The van der Waals surface area contributed by atoms with Crippen LogP contribution in [0.25, 0.3) is 6.08 Å². The van der Waals surface area contributed by atoms with E-state index in [0.717, 1.165) is 14.5 Å². The van der Waals surface area contributed by atoms with E-state index >= 15 is 0 Å². The first kappa shape index (κ1) is 20.8. The highest BCUT2D eigenvalue weighted by molar-refractivity contribution is 9.10. The van der Waals surface area contributed by atoms with Gasteiger partial charge in [-0.05, 0) is 69.5 Å². The summed E-state index contributed by atoms with van der Waals surface area (Å²) in [6.07, 6.45) is 1.54. The summed E-state index contributed by atoms with van der Waals surface area (Å²) < 4.78 is 7.48. The Balaban J connectivity index is 1.70. The maximum atomic E-state index is 12.4. The van der Waals surface area contributed by atoms with Crippen LogP contribution in [0.3, 0.4) is 0 Å². The molecule has 1 amide bonds. The molecule has 144 valence electrons. The van der Waals surface area contributed by atoms with Crippen molar-refractivity contribution in [2.24, 2.45) is 0 Å². The molecule has 3 rings (SSSR count). The molecule has 29 heavy (non-hydrogen) atoms. The lowest BCUT2D eigenvalue weighted by atomic mass is 10.1. The molecule has 0 radical (unpaired) electrons. The molecule has 0 fully saturated rings. The summed E-state index contributed by atoms with van der Waals surface area (Å²) in [5, 5.41) is 12.1. The van der Waals surface area contributed by atoms with Crippen LogP contribution in [0.1, 0.15) is 11.1 Å². The van der Waals surface area contributed by atoms with Gasteiger partial charge >= 0.3 is 0 Å². The van der Waals surface area contributed by atoms with E-state index in [1.807, 2.05) is 54.6 Å². The number of hydrogen-bond acceptors (Lipinski definition) is 3. The number of benzene rings is 3. The van der Waals surface area contributed by atoms with Crippen LogP contribution in [0, 0.1) is 11.3 Å². The third kappa shape index (κ3) is 6.05. The Labute approximate surface area is 186 Å². The Kier molecular flexibility index (Phi) is 7.23. The zero-order valence-electron chi connectivity index (χ0n) is 15.2. The minimum Gasteiger partial charge on any atom is -0.488 e. The Hall–Kier alpha value is -2.88. The van der Waals surface area contributed by atoms with Gasteiger partial charge in [-0.1, -0.05) is 52.3 Å². The molecule has 1 N–H and O–H groups in total. The normalized spacial score (nSPS) is 10.9. The molecule has 0 aliphatic heterocycles. The number of carbonyl (C=O) groups is 1. The van der Waals surface area contributed by atoms with E-state index in [1.54, 1.807) is 30.3 Å². The van der Waals surface area contributed by atoms with Crippen molar-refractivity contribution in [1.82, 2.24) is 0 Å². The second kappa shape index (κ2) is 10.1. The van der Waals surface area contributed by atoms with Gasteiger partial charge in [0, 0.05) is 10.2 Å². The third-order valence-corrected chi connectivity index (χ3v) is 5.12. The van der Waals surface area contributed by atoms with Gasteiger partial charge in [-0.25, -0.2) is 0 Å². The van der Waals surface area contributed by atoms with E-state index in [1.165, 1.54) is 0 Å². The molecule has 0 aliphatic carbocycles. The van der Waals surface area contributed by atoms with Crippen molar-refractivity contribution in [3.05, 3.63) is 98.4 Å². The molecule has 6 heteroatoms. The maximum Gasteiger partial charge on any atom is 0.266 e. The average Bonchev–Trinajstić information content (AvgIpc) is 2.73. The van der Waals surface area contributed by atoms with E-state index in [-0.39, 0.29) is 5.57 Å². The molecule has 0 unspecified atom stereocenters. The molecule has 0 saturated carbocycles.